The first-order valence-corrected chi connectivity index (χ1v) is 9.76. The van der Waals surface area contributed by atoms with Gasteiger partial charge in [0.2, 0.25) is 0 Å². The number of hydrogen-bond donors (Lipinski definition) is 2. The summed E-state index contributed by atoms with van der Waals surface area (Å²) < 4.78 is 1.37. The Balaban J connectivity index is 0.000000242. The molecule has 0 saturated carbocycles. The van der Waals surface area contributed by atoms with Crippen molar-refractivity contribution >= 4 is 38.9 Å². The van der Waals surface area contributed by atoms with Gasteiger partial charge in [0, 0.05) is 33.8 Å². The average molecular weight is 396 g/mol. The molecule has 6 nitrogen and oxygen atoms in total. The molecule has 0 spiro atoms. The summed E-state index contributed by atoms with van der Waals surface area (Å²) in [6, 6.07) is 14.3. The molecule has 4 rings (SSSR count). The molecule has 2 aromatic rings. The van der Waals surface area contributed by atoms with Gasteiger partial charge >= 0.3 is 11.9 Å². The normalized spacial score (nSPS) is 21.0. The minimum atomic E-state index is -1.26. The Hall–Kier alpha value is -2.95. The van der Waals surface area contributed by atoms with Gasteiger partial charge in [0.25, 0.3) is 0 Å². The minimum absolute atomic E-state index is 0.480. The molecule has 1 saturated heterocycles. The zero-order valence-electron chi connectivity index (χ0n) is 15.1. The predicted molar refractivity (Wildman–Crippen MR) is 108 cm³/mol. The van der Waals surface area contributed by atoms with Crippen LogP contribution in [0.5, 0.6) is 0 Å². The first-order chi connectivity index (χ1) is 13.5. The second kappa shape index (κ2) is 8.83. The van der Waals surface area contributed by atoms with Gasteiger partial charge in [-0.15, -0.1) is 11.3 Å². The third-order valence-electron chi connectivity index (χ3n) is 4.90. The van der Waals surface area contributed by atoms with Crippen molar-refractivity contribution in [2.24, 2.45) is 0 Å². The average Bonchev–Trinajstić information content (AvgIpc) is 3.19. The van der Waals surface area contributed by atoms with E-state index in [1.54, 1.807) is 0 Å². The summed E-state index contributed by atoms with van der Waals surface area (Å²) >= 11 is 1.90. The number of carboxylic acid groups (broad SMARTS) is 2. The zero-order valence-corrected chi connectivity index (χ0v) is 15.9. The number of nitrogens with zero attached hydrogens (tertiary/aromatic N) is 2. The van der Waals surface area contributed by atoms with Crippen molar-refractivity contribution in [3.05, 3.63) is 53.4 Å². The van der Waals surface area contributed by atoms with Gasteiger partial charge in [0.05, 0.1) is 12.6 Å². The lowest BCUT2D eigenvalue weighted by atomic mass is 9.99. The standard InChI is InChI=1S/C17H16N2S.C4H4O4/c18-7-8-19-14-5-6-15(19)10-13(9-14)17-11-12-3-1-2-4-16(12)20-17;5-3(6)1-2-4(7)8/h1-4,9,11,14-15H,5-6,8,10H2;1-2H,(H,5,6)(H,7,8)/b;2-1+. The maximum atomic E-state index is 9.55. The molecule has 2 aliphatic heterocycles. The minimum Gasteiger partial charge on any atom is -0.478 e. The van der Waals surface area contributed by atoms with Crippen molar-refractivity contribution < 1.29 is 19.8 Å². The molecule has 7 heteroatoms. The van der Waals surface area contributed by atoms with Crippen LogP contribution in [0.15, 0.2) is 48.6 Å². The number of nitriles is 1. The predicted octanol–water partition coefficient (Wildman–Crippen LogP) is 3.76. The Labute approximate surface area is 166 Å². The lowest BCUT2D eigenvalue weighted by Crippen LogP contribution is -2.38. The van der Waals surface area contributed by atoms with Crippen molar-refractivity contribution in [3.63, 3.8) is 0 Å². The number of rotatable bonds is 4. The smallest absolute Gasteiger partial charge is 0.328 e. The summed E-state index contributed by atoms with van der Waals surface area (Å²) in [6.07, 6.45) is 7.07. The van der Waals surface area contributed by atoms with Gasteiger partial charge < -0.3 is 10.2 Å². The second-order valence-corrected chi connectivity index (χ2v) is 7.77. The van der Waals surface area contributed by atoms with E-state index in [0.29, 0.717) is 30.8 Å². The van der Waals surface area contributed by atoms with Crippen LogP contribution < -0.4 is 0 Å². The molecule has 3 heterocycles. The number of carboxylic acids is 2. The second-order valence-electron chi connectivity index (χ2n) is 6.68. The summed E-state index contributed by atoms with van der Waals surface area (Å²) in [5, 5.41) is 25.9. The van der Waals surface area contributed by atoms with Crippen LogP contribution in [0.25, 0.3) is 15.7 Å². The van der Waals surface area contributed by atoms with Crippen molar-refractivity contribution in [1.29, 1.82) is 5.26 Å². The fourth-order valence-corrected chi connectivity index (χ4v) is 4.81. The van der Waals surface area contributed by atoms with Crippen LogP contribution in [0.4, 0.5) is 0 Å². The summed E-state index contributed by atoms with van der Waals surface area (Å²) in [4.78, 5) is 22.9. The van der Waals surface area contributed by atoms with Crippen molar-refractivity contribution in [2.75, 3.05) is 6.54 Å². The van der Waals surface area contributed by atoms with Crippen LogP contribution in [0, 0.1) is 11.3 Å². The molecule has 2 aliphatic rings. The quantitative estimate of drug-likeness (QED) is 0.603. The van der Waals surface area contributed by atoms with Gasteiger partial charge in [-0.1, -0.05) is 24.3 Å². The molecule has 0 amide bonds. The molecular weight excluding hydrogens is 376 g/mol. The van der Waals surface area contributed by atoms with E-state index < -0.39 is 11.9 Å². The summed E-state index contributed by atoms with van der Waals surface area (Å²) in [6.45, 7) is 0.575. The molecule has 1 aromatic heterocycles. The number of fused-ring (bicyclic) bond motifs is 3. The van der Waals surface area contributed by atoms with E-state index in [2.05, 4.69) is 47.4 Å². The van der Waals surface area contributed by atoms with Gasteiger partial charge in [0.1, 0.15) is 0 Å². The fraction of sp³-hybridized carbons (Fsp3) is 0.286. The zero-order chi connectivity index (χ0) is 20.1. The highest BCUT2D eigenvalue weighted by atomic mass is 32.1. The van der Waals surface area contributed by atoms with Crippen molar-refractivity contribution in [2.45, 2.75) is 31.3 Å². The van der Waals surface area contributed by atoms with Crippen LogP contribution in [-0.2, 0) is 9.59 Å². The van der Waals surface area contributed by atoms with Crippen LogP contribution >= 0.6 is 11.3 Å². The van der Waals surface area contributed by atoms with Crippen molar-refractivity contribution in [1.82, 2.24) is 4.90 Å². The van der Waals surface area contributed by atoms with E-state index in [4.69, 9.17) is 15.5 Å². The van der Waals surface area contributed by atoms with Crippen molar-refractivity contribution in [3.8, 4) is 6.07 Å². The molecular formula is C21H20N2O4S. The fourth-order valence-electron chi connectivity index (χ4n) is 3.71. The van der Waals surface area contributed by atoms with Crippen LogP contribution in [-0.4, -0.2) is 45.7 Å². The van der Waals surface area contributed by atoms with E-state index in [1.165, 1.54) is 33.4 Å². The maximum Gasteiger partial charge on any atom is 0.328 e. The highest BCUT2D eigenvalue weighted by Gasteiger charge is 2.36. The maximum absolute atomic E-state index is 9.55. The molecule has 2 unspecified atom stereocenters. The molecule has 2 N–H and O–H groups in total. The van der Waals surface area contributed by atoms with E-state index in [0.717, 1.165) is 6.42 Å². The van der Waals surface area contributed by atoms with Gasteiger partial charge in [-0.05, 0) is 42.4 Å². The number of hydrogen-bond acceptors (Lipinski definition) is 5. The summed E-state index contributed by atoms with van der Waals surface area (Å²) in [5.74, 6) is -2.51. The van der Waals surface area contributed by atoms with E-state index in [9.17, 15) is 9.59 Å². The van der Waals surface area contributed by atoms with E-state index in [1.807, 2.05) is 11.3 Å². The molecule has 1 aromatic carbocycles. The lowest BCUT2D eigenvalue weighted by Gasteiger charge is -2.31. The monoisotopic (exact) mass is 396 g/mol. The number of benzene rings is 1. The van der Waals surface area contributed by atoms with Gasteiger partial charge in [-0.25, -0.2) is 9.59 Å². The number of aliphatic carboxylic acids is 2. The SMILES string of the molecule is N#CCN1C2C=C(c3cc4ccccc4s3)CC1CC2.O=C(O)/C=C/C(=O)O. The molecule has 144 valence electrons. The Morgan fingerprint density at radius 3 is 2.54 bits per heavy atom. The third kappa shape index (κ3) is 4.66. The van der Waals surface area contributed by atoms with E-state index in [-0.39, 0.29) is 0 Å². The first kappa shape index (κ1) is 19.8. The van der Waals surface area contributed by atoms with Crippen LogP contribution in [0.3, 0.4) is 0 Å². The molecule has 2 bridgehead atoms. The summed E-state index contributed by atoms with van der Waals surface area (Å²) in [5.41, 5.74) is 1.49. The van der Waals surface area contributed by atoms with Gasteiger partial charge in [-0.3, -0.25) is 4.90 Å². The molecule has 28 heavy (non-hydrogen) atoms. The van der Waals surface area contributed by atoms with Gasteiger partial charge in [0.15, 0.2) is 0 Å². The lowest BCUT2D eigenvalue weighted by molar-refractivity contribution is -0.134. The summed E-state index contributed by atoms with van der Waals surface area (Å²) in [7, 11) is 0. The third-order valence-corrected chi connectivity index (χ3v) is 6.10. The van der Waals surface area contributed by atoms with Crippen LogP contribution in [0.1, 0.15) is 24.1 Å². The first-order valence-electron chi connectivity index (χ1n) is 8.94. The molecule has 2 atom stereocenters. The van der Waals surface area contributed by atoms with Gasteiger partial charge in [-0.2, -0.15) is 5.26 Å². The highest BCUT2D eigenvalue weighted by Crippen LogP contribution is 2.41. The molecule has 0 radical (unpaired) electrons. The Morgan fingerprint density at radius 1 is 1.21 bits per heavy atom. The largest absolute Gasteiger partial charge is 0.478 e. The Bertz CT molecular complexity index is 937. The molecule has 0 aliphatic carbocycles. The van der Waals surface area contributed by atoms with E-state index >= 15 is 0 Å². The molecule has 1 fully saturated rings. The Morgan fingerprint density at radius 2 is 1.93 bits per heavy atom. The highest BCUT2D eigenvalue weighted by molar-refractivity contribution is 7.20. The van der Waals surface area contributed by atoms with Crippen LogP contribution in [0.2, 0.25) is 0 Å². The number of thiophene rings is 1. The Kier molecular flexibility index (Phi) is 6.24. The number of carbonyl (C=O) groups is 2. The topological polar surface area (TPSA) is 102 Å².